The molecule has 4 rings (SSSR count). The summed E-state index contributed by atoms with van der Waals surface area (Å²) < 4.78 is 35.7. The molecule has 1 aliphatic heterocycles. The fraction of sp³-hybridized carbons (Fsp3) is 0.423. The third kappa shape index (κ3) is 5.76. The number of carbonyl (C=O) groups is 2. The Morgan fingerprint density at radius 2 is 1.89 bits per heavy atom. The number of aryl methyl sites for hydroxylation is 1. The second-order valence-electron chi connectivity index (χ2n) is 9.33. The van der Waals surface area contributed by atoms with Crippen molar-refractivity contribution in [3.8, 4) is 6.01 Å². The molecule has 0 spiro atoms. The summed E-state index contributed by atoms with van der Waals surface area (Å²) in [5.74, 6) is -1.49. The highest BCUT2D eigenvalue weighted by Crippen LogP contribution is 2.27. The molecule has 11 heteroatoms. The number of nitrogens with one attached hydrogen (secondary N) is 1. The lowest BCUT2D eigenvalue weighted by atomic mass is 9.99. The molecule has 2 amide bonds. The van der Waals surface area contributed by atoms with Crippen LogP contribution in [0.5, 0.6) is 6.01 Å². The average Bonchev–Trinajstić information content (AvgIpc) is 3.44. The van der Waals surface area contributed by atoms with Gasteiger partial charge in [-0.05, 0) is 17.5 Å². The summed E-state index contributed by atoms with van der Waals surface area (Å²) in [6.45, 7) is 3.52. The van der Waals surface area contributed by atoms with Crippen molar-refractivity contribution in [2.24, 2.45) is 7.05 Å². The van der Waals surface area contributed by atoms with E-state index >= 15 is 0 Å². The predicted molar refractivity (Wildman–Crippen MR) is 131 cm³/mol. The van der Waals surface area contributed by atoms with E-state index in [9.17, 15) is 18.4 Å². The van der Waals surface area contributed by atoms with Crippen molar-refractivity contribution in [1.82, 2.24) is 30.0 Å². The summed E-state index contributed by atoms with van der Waals surface area (Å²) in [6, 6.07) is 10.7. The SMILES string of the molecule is COc1nc(CC(=O)N2CC(F)CC2C(=O)NC(c2ccccc2)c2ccc(C(C)C)c(F)n2)nn1C. The molecule has 1 aromatic carbocycles. The van der Waals surface area contributed by atoms with Gasteiger partial charge in [-0.25, -0.2) is 14.1 Å². The monoisotopic (exact) mass is 512 g/mol. The molecule has 2 aromatic heterocycles. The third-order valence-electron chi connectivity index (χ3n) is 6.37. The largest absolute Gasteiger partial charge is 0.467 e. The molecule has 196 valence electrons. The number of hydrogen-bond acceptors (Lipinski definition) is 6. The van der Waals surface area contributed by atoms with E-state index in [0.717, 1.165) is 0 Å². The Kier molecular flexibility index (Phi) is 7.80. The zero-order valence-corrected chi connectivity index (χ0v) is 21.2. The molecule has 0 radical (unpaired) electrons. The summed E-state index contributed by atoms with van der Waals surface area (Å²) in [4.78, 5) is 35.9. The Hall–Kier alpha value is -3.89. The molecule has 3 heterocycles. The fourth-order valence-electron chi connectivity index (χ4n) is 4.48. The first kappa shape index (κ1) is 26.2. The summed E-state index contributed by atoms with van der Waals surface area (Å²) in [5, 5.41) is 7.01. The molecule has 1 saturated heterocycles. The number of hydrogen-bond donors (Lipinski definition) is 1. The molecular weight excluding hydrogens is 482 g/mol. The number of carbonyl (C=O) groups excluding carboxylic acids is 2. The van der Waals surface area contributed by atoms with E-state index in [-0.39, 0.29) is 37.1 Å². The normalized spacial score (nSPS) is 18.2. The molecule has 9 nitrogen and oxygen atoms in total. The van der Waals surface area contributed by atoms with Crippen LogP contribution in [0, 0.1) is 5.95 Å². The number of nitrogens with zero attached hydrogens (tertiary/aromatic N) is 5. The molecule has 1 N–H and O–H groups in total. The van der Waals surface area contributed by atoms with E-state index < -0.39 is 36.0 Å². The first-order valence-corrected chi connectivity index (χ1v) is 12.1. The first-order valence-electron chi connectivity index (χ1n) is 12.1. The van der Waals surface area contributed by atoms with Crippen LogP contribution >= 0.6 is 0 Å². The van der Waals surface area contributed by atoms with Gasteiger partial charge in [0.15, 0.2) is 5.82 Å². The minimum Gasteiger partial charge on any atom is -0.467 e. The maximum Gasteiger partial charge on any atom is 0.314 e. The summed E-state index contributed by atoms with van der Waals surface area (Å²) in [6.07, 6.45) is -1.72. The van der Waals surface area contributed by atoms with Gasteiger partial charge in [0.05, 0.1) is 31.8 Å². The first-order chi connectivity index (χ1) is 17.7. The van der Waals surface area contributed by atoms with Crippen molar-refractivity contribution >= 4 is 11.8 Å². The van der Waals surface area contributed by atoms with Gasteiger partial charge in [-0.2, -0.15) is 14.5 Å². The second kappa shape index (κ2) is 11.0. The molecule has 37 heavy (non-hydrogen) atoms. The number of halogens is 2. The van der Waals surface area contributed by atoms with Crippen molar-refractivity contribution in [2.75, 3.05) is 13.7 Å². The van der Waals surface area contributed by atoms with Crippen LogP contribution in [0.15, 0.2) is 42.5 Å². The molecule has 3 unspecified atom stereocenters. The van der Waals surface area contributed by atoms with Crippen molar-refractivity contribution in [2.45, 2.75) is 50.9 Å². The fourth-order valence-corrected chi connectivity index (χ4v) is 4.48. The van der Waals surface area contributed by atoms with Crippen LogP contribution in [0.3, 0.4) is 0 Å². The van der Waals surface area contributed by atoms with Gasteiger partial charge in [0.25, 0.3) is 0 Å². The van der Waals surface area contributed by atoms with E-state index in [0.29, 0.717) is 16.8 Å². The van der Waals surface area contributed by atoms with E-state index in [4.69, 9.17) is 4.74 Å². The van der Waals surface area contributed by atoms with Crippen LogP contribution in [0.25, 0.3) is 0 Å². The molecule has 3 atom stereocenters. The number of rotatable bonds is 8. The van der Waals surface area contributed by atoms with Crippen molar-refractivity contribution in [3.63, 3.8) is 0 Å². The van der Waals surface area contributed by atoms with Crippen molar-refractivity contribution in [1.29, 1.82) is 0 Å². The standard InChI is InChI=1S/C26H30F2N6O3/c1-15(2)18-10-11-19(29-24(18)28)23(16-8-6-5-7-9-16)31-25(36)20-12-17(27)14-34(20)22(35)13-21-30-26(37-4)33(3)32-21/h5-11,15,17,20,23H,12-14H2,1-4H3,(H,31,36). The van der Waals surface area contributed by atoms with Crippen LogP contribution in [0.2, 0.25) is 0 Å². The molecule has 0 aliphatic carbocycles. The van der Waals surface area contributed by atoms with Crippen molar-refractivity contribution < 1.29 is 23.1 Å². The smallest absolute Gasteiger partial charge is 0.314 e. The number of likely N-dealkylation sites (tertiary alicyclic amines) is 1. The molecule has 0 bridgehead atoms. The Morgan fingerprint density at radius 3 is 2.51 bits per heavy atom. The van der Waals surface area contributed by atoms with Gasteiger partial charge in [0.2, 0.25) is 17.8 Å². The Balaban J connectivity index is 1.57. The topological polar surface area (TPSA) is 102 Å². The minimum atomic E-state index is -1.36. The van der Waals surface area contributed by atoms with Crippen LogP contribution in [-0.2, 0) is 23.1 Å². The van der Waals surface area contributed by atoms with Gasteiger partial charge >= 0.3 is 6.01 Å². The molecule has 0 saturated carbocycles. The lowest BCUT2D eigenvalue weighted by Gasteiger charge is -2.26. The van der Waals surface area contributed by atoms with Gasteiger partial charge < -0.3 is 15.0 Å². The van der Waals surface area contributed by atoms with Gasteiger partial charge in [-0.1, -0.05) is 50.2 Å². The van der Waals surface area contributed by atoms with Gasteiger partial charge in [0.1, 0.15) is 12.2 Å². The van der Waals surface area contributed by atoms with Gasteiger partial charge in [0, 0.05) is 19.0 Å². The van der Waals surface area contributed by atoms with Crippen molar-refractivity contribution in [3.05, 3.63) is 71.1 Å². The number of amides is 2. The van der Waals surface area contributed by atoms with E-state index in [1.165, 1.54) is 16.7 Å². The second-order valence-corrected chi connectivity index (χ2v) is 9.33. The maximum atomic E-state index is 14.7. The average molecular weight is 513 g/mol. The minimum absolute atomic E-state index is 0.0561. The Labute approximate surface area is 213 Å². The lowest BCUT2D eigenvalue weighted by Crippen LogP contribution is -2.47. The van der Waals surface area contributed by atoms with E-state index in [1.54, 1.807) is 43.4 Å². The maximum absolute atomic E-state index is 14.7. The third-order valence-corrected chi connectivity index (χ3v) is 6.37. The molecule has 3 aromatic rings. The highest BCUT2D eigenvalue weighted by molar-refractivity contribution is 5.89. The number of benzene rings is 1. The van der Waals surface area contributed by atoms with Crippen LogP contribution in [-0.4, -0.2) is 62.3 Å². The number of methoxy groups -OCH3 is 1. The predicted octanol–water partition coefficient (Wildman–Crippen LogP) is 2.87. The summed E-state index contributed by atoms with van der Waals surface area (Å²) in [7, 11) is 3.06. The van der Waals surface area contributed by atoms with Crippen LogP contribution in [0.4, 0.5) is 8.78 Å². The highest BCUT2D eigenvalue weighted by atomic mass is 19.1. The summed E-state index contributed by atoms with van der Waals surface area (Å²) in [5.41, 5.74) is 1.45. The van der Waals surface area contributed by atoms with E-state index in [1.807, 2.05) is 19.9 Å². The quantitative estimate of drug-likeness (QED) is 0.466. The van der Waals surface area contributed by atoms with Gasteiger partial charge in [-0.3, -0.25) is 9.59 Å². The zero-order valence-electron chi connectivity index (χ0n) is 21.2. The number of alkyl halides is 1. The Bertz CT molecular complexity index is 1270. The molecule has 1 aliphatic rings. The Morgan fingerprint density at radius 1 is 1.16 bits per heavy atom. The zero-order chi connectivity index (χ0) is 26.7. The van der Waals surface area contributed by atoms with E-state index in [2.05, 4.69) is 20.4 Å². The number of ether oxygens (including phenoxy) is 1. The van der Waals surface area contributed by atoms with Gasteiger partial charge in [-0.15, -0.1) is 0 Å². The van der Waals surface area contributed by atoms with Crippen LogP contribution < -0.4 is 10.1 Å². The molecule has 1 fully saturated rings. The molecular formula is C26H30F2N6O3. The highest BCUT2D eigenvalue weighted by Gasteiger charge is 2.41. The lowest BCUT2D eigenvalue weighted by molar-refractivity contribution is -0.138. The summed E-state index contributed by atoms with van der Waals surface area (Å²) >= 11 is 0. The van der Waals surface area contributed by atoms with Crippen LogP contribution in [0.1, 0.15) is 54.9 Å². The number of pyridine rings is 1. The number of aromatic nitrogens is 4.